The molecular weight excluding hydrogens is 368 g/mol. The largest absolute Gasteiger partial charge is 0.453 e. The molecule has 5 nitrogen and oxygen atoms in total. The number of fused-ring (bicyclic) bond motifs is 1. The summed E-state index contributed by atoms with van der Waals surface area (Å²) >= 11 is 0. The maximum absolute atomic E-state index is 12.6. The van der Waals surface area contributed by atoms with Crippen LogP contribution >= 0.6 is 0 Å². The second-order valence-corrected chi connectivity index (χ2v) is 7.90. The highest BCUT2D eigenvalue weighted by atomic mass is 16.6. The number of hydrogen-bond acceptors (Lipinski definition) is 5. The van der Waals surface area contributed by atoms with Crippen LogP contribution in [0.25, 0.3) is 0 Å². The summed E-state index contributed by atoms with van der Waals surface area (Å²) in [4.78, 5) is 24.7. The third-order valence-corrected chi connectivity index (χ3v) is 4.96. The van der Waals surface area contributed by atoms with E-state index in [1.807, 2.05) is 33.8 Å². The van der Waals surface area contributed by atoms with Gasteiger partial charge in [0.2, 0.25) is 5.78 Å². The minimum atomic E-state index is -1.87. The molecule has 5 heteroatoms. The van der Waals surface area contributed by atoms with Crippen LogP contribution in [0.2, 0.25) is 0 Å². The molecule has 1 heterocycles. The SMILES string of the molecule is CC(C)=C[C@H](O)C(=O)/C(C)=C/CC/C(C)=C/C[C@@]1(O)Oc2cccc(C)c2C1=O. The van der Waals surface area contributed by atoms with E-state index in [9.17, 15) is 19.8 Å². The molecule has 0 unspecified atom stereocenters. The molecule has 2 rings (SSSR count). The number of aliphatic hydroxyl groups excluding tert-OH is 1. The predicted molar refractivity (Wildman–Crippen MR) is 113 cm³/mol. The van der Waals surface area contributed by atoms with Crippen molar-refractivity contribution in [3.8, 4) is 5.75 Å². The second kappa shape index (κ2) is 9.33. The van der Waals surface area contributed by atoms with Crippen molar-refractivity contribution in [2.45, 2.75) is 65.8 Å². The number of benzene rings is 1. The molecule has 0 spiro atoms. The van der Waals surface area contributed by atoms with E-state index in [0.717, 1.165) is 16.7 Å². The van der Waals surface area contributed by atoms with Crippen molar-refractivity contribution in [2.75, 3.05) is 0 Å². The van der Waals surface area contributed by atoms with E-state index in [1.165, 1.54) is 6.08 Å². The van der Waals surface area contributed by atoms with Gasteiger partial charge in [-0.25, -0.2) is 0 Å². The summed E-state index contributed by atoms with van der Waals surface area (Å²) in [6.45, 7) is 9.07. The fourth-order valence-corrected chi connectivity index (χ4v) is 3.23. The van der Waals surface area contributed by atoms with Crippen molar-refractivity contribution in [2.24, 2.45) is 0 Å². The molecule has 2 N–H and O–H groups in total. The summed E-state index contributed by atoms with van der Waals surface area (Å²) in [5, 5.41) is 20.5. The lowest BCUT2D eigenvalue weighted by Crippen LogP contribution is -2.39. The van der Waals surface area contributed by atoms with Crippen molar-refractivity contribution < 1.29 is 24.5 Å². The Kier molecular flexibility index (Phi) is 7.33. The van der Waals surface area contributed by atoms with Gasteiger partial charge in [-0.15, -0.1) is 0 Å². The van der Waals surface area contributed by atoms with Gasteiger partial charge in [0.15, 0.2) is 5.78 Å². The van der Waals surface area contributed by atoms with Crippen LogP contribution in [0.5, 0.6) is 5.75 Å². The first-order valence-electron chi connectivity index (χ1n) is 9.80. The van der Waals surface area contributed by atoms with Gasteiger partial charge in [-0.1, -0.05) is 35.4 Å². The zero-order valence-corrected chi connectivity index (χ0v) is 17.8. The number of allylic oxidation sites excluding steroid dienone is 3. The van der Waals surface area contributed by atoms with Crippen LogP contribution in [0.3, 0.4) is 0 Å². The normalized spacial score (nSPS) is 20.2. The van der Waals surface area contributed by atoms with Crippen LogP contribution in [0, 0.1) is 6.92 Å². The average molecular weight is 398 g/mol. The molecule has 0 amide bonds. The van der Waals surface area contributed by atoms with Gasteiger partial charge in [0.25, 0.3) is 5.79 Å². The molecular formula is C24H30O5. The quantitative estimate of drug-likeness (QED) is 0.506. The lowest BCUT2D eigenvalue weighted by molar-refractivity contribution is -0.121. The number of aryl methyl sites for hydroxylation is 1. The maximum Gasteiger partial charge on any atom is 0.276 e. The van der Waals surface area contributed by atoms with Crippen LogP contribution in [0.1, 0.15) is 62.9 Å². The topological polar surface area (TPSA) is 83.8 Å². The third kappa shape index (κ3) is 5.52. The number of hydrogen-bond donors (Lipinski definition) is 2. The Hall–Kier alpha value is -2.50. The zero-order valence-electron chi connectivity index (χ0n) is 17.8. The van der Waals surface area contributed by atoms with E-state index in [1.54, 1.807) is 31.2 Å². The Labute approximate surface area is 172 Å². The lowest BCUT2D eigenvalue weighted by atomic mass is 9.98. The zero-order chi connectivity index (χ0) is 21.8. The number of aliphatic hydroxyl groups is 2. The first kappa shape index (κ1) is 22.8. The number of ketones is 2. The van der Waals surface area contributed by atoms with Gasteiger partial charge in [0, 0.05) is 6.42 Å². The molecule has 0 saturated heterocycles. The Morgan fingerprint density at radius 3 is 2.52 bits per heavy atom. The molecule has 0 aromatic heterocycles. The lowest BCUT2D eigenvalue weighted by Gasteiger charge is -2.19. The number of carbonyl (C=O) groups is 2. The van der Waals surface area contributed by atoms with E-state index >= 15 is 0 Å². The van der Waals surface area contributed by atoms with Gasteiger partial charge in [-0.2, -0.15) is 0 Å². The monoisotopic (exact) mass is 398 g/mol. The van der Waals surface area contributed by atoms with Gasteiger partial charge in [-0.3, -0.25) is 9.59 Å². The van der Waals surface area contributed by atoms with Gasteiger partial charge < -0.3 is 14.9 Å². The van der Waals surface area contributed by atoms with E-state index in [0.29, 0.717) is 29.7 Å². The highest BCUT2D eigenvalue weighted by Gasteiger charge is 2.46. The molecule has 29 heavy (non-hydrogen) atoms. The van der Waals surface area contributed by atoms with Gasteiger partial charge in [0.1, 0.15) is 11.9 Å². The van der Waals surface area contributed by atoms with Crippen LogP contribution in [-0.2, 0) is 4.79 Å². The fraction of sp³-hybridized carbons (Fsp3) is 0.417. The summed E-state index contributed by atoms with van der Waals surface area (Å²) in [7, 11) is 0. The van der Waals surface area contributed by atoms with Crippen LogP contribution < -0.4 is 4.74 Å². The fourth-order valence-electron chi connectivity index (χ4n) is 3.23. The first-order chi connectivity index (χ1) is 13.5. The molecule has 1 aromatic carbocycles. The Morgan fingerprint density at radius 2 is 1.90 bits per heavy atom. The van der Waals surface area contributed by atoms with Crippen LogP contribution in [-0.4, -0.2) is 33.7 Å². The van der Waals surface area contributed by atoms with Crippen LogP contribution in [0.15, 0.2) is 53.1 Å². The second-order valence-electron chi connectivity index (χ2n) is 7.90. The molecule has 0 radical (unpaired) electrons. The minimum Gasteiger partial charge on any atom is -0.453 e. The highest BCUT2D eigenvalue weighted by Crippen LogP contribution is 2.37. The summed E-state index contributed by atoms with van der Waals surface area (Å²) in [6.07, 6.45) is 5.36. The van der Waals surface area contributed by atoms with E-state index in [2.05, 4.69) is 0 Å². The number of ether oxygens (including phenoxy) is 1. The summed E-state index contributed by atoms with van der Waals surface area (Å²) in [6, 6.07) is 5.29. The molecule has 0 bridgehead atoms. The van der Waals surface area contributed by atoms with Gasteiger partial charge >= 0.3 is 0 Å². The first-order valence-corrected chi connectivity index (χ1v) is 9.80. The molecule has 0 fully saturated rings. The van der Waals surface area contributed by atoms with Crippen molar-refractivity contribution in [1.29, 1.82) is 0 Å². The summed E-state index contributed by atoms with van der Waals surface area (Å²) in [5.41, 5.74) is 3.60. The summed E-state index contributed by atoms with van der Waals surface area (Å²) in [5.74, 6) is -2.17. The number of Topliss-reactive ketones (excluding diaryl/α,β-unsaturated/α-hetero) is 2. The summed E-state index contributed by atoms with van der Waals surface area (Å²) < 4.78 is 5.54. The van der Waals surface area contributed by atoms with Crippen molar-refractivity contribution in [1.82, 2.24) is 0 Å². The van der Waals surface area contributed by atoms with E-state index < -0.39 is 17.7 Å². The number of carbonyl (C=O) groups excluding carboxylic acids is 2. The van der Waals surface area contributed by atoms with E-state index in [-0.39, 0.29) is 12.2 Å². The molecule has 0 saturated carbocycles. The Morgan fingerprint density at radius 1 is 1.21 bits per heavy atom. The maximum atomic E-state index is 12.6. The van der Waals surface area contributed by atoms with Crippen molar-refractivity contribution in [3.05, 3.63) is 64.3 Å². The van der Waals surface area contributed by atoms with Gasteiger partial charge in [0.05, 0.1) is 5.56 Å². The number of rotatable bonds is 8. The Balaban J connectivity index is 1.94. The van der Waals surface area contributed by atoms with E-state index in [4.69, 9.17) is 4.74 Å². The van der Waals surface area contributed by atoms with Crippen LogP contribution in [0.4, 0.5) is 0 Å². The molecule has 156 valence electrons. The molecule has 1 aliphatic heterocycles. The minimum absolute atomic E-state index is 0.0622. The Bertz CT molecular complexity index is 887. The molecule has 0 aliphatic carbocycles. The van der Waals surface area contributed by atoms with Gasteiger partial charge in [-0.05, 0) is 70.7 Å². The molecule has 2 atom stereocenters. The third-order valence-electron chi connectivity index (χ3n) is 4.96. The average Bonchev–Trinajstić information content (AvgIpc) is 2.90. The smallest absolute Gasteiger partial charge is 0.276 e. The molecule has 1 aromatic rings. The molecule has 1 aliphatic rings. The predicted octanol–water partition coefficient (Wildman–Crippen LogP) is 4.22. The van der Waals surface area contributed by atoms with Crippen molar-refractivity contribution >= 4 is 11.6 Å². The van der Waals surface area contributed by atoms with Crippen molar-refractivity contribution in [3.63, 3.8) is 0 Å². The highest BCUT2D eigenvalue weighted by molar-refractivity contribution is 6.07. The standard InChI is InChI=1S/C24H30O5/c1-15(2)14-19(25)22(26)18(5)10-6-8-16(3)12-13-24(28)23(27)21-17(4)9-7-11-20(21)29-24/h7,9-12,14,19,25,28H,6,8,13H2,1-5H3/b16-12+,18-10+/t19-,24+/m0/s1.